The Balaban J connectivity index is 2.78. The molecule has 1 aromatic heterocycles. The number of alkyl halides is 4. The zero-order valence-corrected chi connectivity index (χ0v) is 6.80. The zero-order valence-electron chi connectivity index (χ0n) is 5.23. The van der Waals surface area contributed by atoms with E-state index in [9.17, 15) is 13.2 Å². The summed E-state index contributed by atoms with van der Waals surface area (Å²) in [6, 6.07) is 2.91. The number of hydrogen-bond acceptors (Lipinski definition) is 1. The summed E-state index contributed by atoms with van der Waals surface area (Å²) in [5.74, 6) is 0. The lowest BCUT2D eigenvalue weighted by atomic mass is 10.3. The number of rotatable bonds is 1. The van der Waals surface area contributed by atoms with Crippen molar-refractivity contribution in [1.29, 1.82) is 0 Å². The van der Waals surface area contributed by atoms with E-state index >= 15 is 0 Å². The number of halogens is 4. The van der Waals surface area contributed by atoms with E-state index in [4.69, 9.17) is 11.6 Å². The quantitative estimate of drug-likeness (QED) is 0.608. The van der Waals surface area contributed by atoms with Crippen LogP contribution in [-0.4, -0.2) is 6.18 Å². The minimum absolute atomic E-state index is 0.138. The summed E-state index contributed by atoms with van der Waals surface area (Å²) >= 11 is 6.12. The van der Waals surface area contributed by atoms with Crippen LogP contribution in [0.1, 0.15) is 10.3 Å². The predicted octanol–water partition coefficient (Wildman–Crippen LogP) is 3.59. The van der Waals surface area contributed by atoms with E-state index < -0.39 is 11.6 Å². The molecule has 1 unspecified atom stereocenters. The second kappa shape index (κ2) is 3.03. The number of hydrogen-bond donors (Lipinski definition) is 0. The first-order valence-electron chi connectivity index (χ1n) is 2.76. The molecule has 1 atom stereocenters. The molecule has 0 N–H and O–H groups in total. The maximum absolute atomic E-state index is 11.9. The summed E-state index contributed by atoms with van der Waals surface area (Å²) in [6.07, 6.45) is -4.34. The van der Waals surface area contributed by atoms with Gasteiger partial charge in [0.15, 0.2) is 5.38 Å². The second-order valence-electron chi connectivity index (χ2n) is 1.92. The Morgan fingerprint density at radius 3 is 2.45 bits per heavy atom. The second-order valence-corrected chi connectivity index (χ2v) is 3.34. The lowest BCUT2D eigenvalue weighted by molar-refractivity contribution is -0.131. The highest BCUT2D eigenvalue weighted by atomic mass is 35.5. The fourth-order valence-electron chi connectivity index (χ4n) is 0.597. The molecule has 1 aromatic rings. The van der Waals surface area contributed by atoms with Crippen molar-refractivity contribution in [3.8, 4) is 0 Å². The summed E-state index contributed by atoms with van der Waals surface area (Å²) in [4.78, 5) is 0.138. The van der Waals surface area contributed by atoms with Gasteiger partial charge >= 0.3 is 6.18 Å². The summed E-state index contributed by atoms with van der Waals surface area (Å²) in [5, 5.41) is -0.293. The molecule has 0 radical (unpaired) electrons. The highest BCUT2D eigenvalue weighted by Gasteiger charge is 2.39. The van der Waals surface area contributed by atoms with Crippen LogP contribution in [0.2, 0.25) is 0 Å². The van der Waals surface area contributed by atoms with E-state index in [-0.39, 0.29) is 4.88 Å². The molecule has 11 heavy (non-hydrogen) atoms. The van der Waals surface area contributed by atoms with Crippen LogP contribution in [0.4, 0.5) is 13.2 Å². The summed E-state index contributed by atoms with van der Waals surface area (Å²) < 4.78 is 35.7. The van der Waals surface area contributed by atoms with Crippen LogP contribution >= 0.6 is 22.9 Å². The molecule has 0 aromatic carbocycles. The molecule has 0 spiro atoms. The van der Waals surface area contributed by atoms with E-state index in [2.05, 4.69) is 0 Å². The minimum atomic E-state index is -4.34. The Hall–Kier alpha value is -0.220. The molecule has 0 aliphatic rings. The van der Waals surface area contributed by atoms with Crippen LogP contribution in [0.25, 0.3) is 0 Å². The largest absolute Gasteiger partial charge is 0.409 e. The fourth-order valence-corrected chi connectivity index (χ4v) is 1.55. The third-order valence-electron chi connectivity index (χ3n) is 1.08. The molecule has 0 saturated carbocycles. The van der Waals surface area contributed by atoms with Crippen molar-refractivity contribution in [2.75, 3.05) is 0 Å². The average Bonchev–Trinajstić information content (AvgIpc) is 2.34. The molecule has 0 amide bonds. The van der Waals surface area contributed by atoms with Crippen LogP contribution < -0.4 is 0 Å². The van der Waals surface area contributed by atoms with Gasteiger partial charge in [-0.3, -0.25) is 0 Å². The Morgan fingerprint density at radius 2 is 2.09 bits per heavy atom. The Kier molecular flexibility index (Phi) is 2.44. The Labute approximate surface area is 70.6 Å². The molecule has 62 valence electrons. The summed E-state index contributed by atoms with van der Waals surface area (Å²) in [7, 11) is 0. The predicted molar refractivity (Wildman–Crippen MR) is 39.0 cm³/mol. The molecule has 0 saturated heterocycles. The van der Waals surface area contributed by atoms with Gasteiger partial charge in [0.1, 0.15) is 0 Å². The molecule has 1 heterocycles. The van der Waals surface area contributed by atoms with Crippen molar-refractivity contribution in [3.05, 3.63) is 22.4 Å². The van der Waals surface area contributed by atoms with Crippen molar-refractivity contribution in [2.45, 2.75) is 11.6 Å². The maximum atomic E-state index is 11.9. The Bertz CT molecular complexity index is 216. The summed E-state index contributed by atoms with van der Waals surface area (Å²) in [5.41, 5.74) is 0. The minimum Gasteiger partial charge on any atom is -0.169 e. The molecule has 0 aliphatic carbocycles. The molecular formula is C6H4ClF3S. The van der Waals surface area contributed by atoms with Crippen molar-refractivity contribution < 1.29 is 13.2 Å². The van der Waals surface area contributed by atoms with Gasteiger partial charge in [-0.1, -0.05) is 6.07 Å². The first-order chi connectivity index (χ1) is 5.02. The van der Waals surface area contributed by atoms with Gasteiger partial charge in [0.25, 0.3) is 0 Å². The van der Waals surface area contributed by atoms with Gasteiger partial charge in [0.05, 0.1) is 0 Å². The standard InChI is InChI=1S/C6H4ClF3S/c7-5(6(8,9)10)4-2-1-3-11-4/h1-3,5H. The first kappa shape index (κ1) is 8.87. The zero-order chi connectivity index (χ0) is 8.48. The molecule has 0 aliphatic heterocycles. The lowest BCUT2D eigenvalue weighted by Gasteiger charge is -2.10. The van der Waals surface area contributed by atoms with Crippen molar-refractivity contribution in [3.63, 3.8) is 0 Å². The van der Waals surface area contributed by atoms with Gasteiger partial charge in [-0.15, -0.1) is 22.9 Å². The highest BCUT2D eigenvalue weighted by Crippen LogP contribution is 2.39. The van der Waals surface area contributed by atoms with E-state index in [1.165, 1.54) is 6.07 Å². The third-order valence-corrected chi connectivity index (χ3v) is 2.63. The molecule has 0 nitrogen and oxygen atoms in total. The van der Waals surface area contributed by atoms with E-state index in [0.717, 1.165) is 11.3 Å². The molecule has 0 bridgehead atoms. The van der Waals surface area contributed by atoms with Gasteiger partial charge in [0.2, 0.25) is 0 Å². The van der Waals surface area contributed by atoms with Gasteiger partial charge < -0.3 is 0 Å². The van der Waals surface area contributed by atoms with Gasteiger partial charge in [-0.25, -0.2) is 0 Å². The van der Waals surface area contributed by atoms with Crippen LogP contribution in [0, 0.1) is 0 Å². The molecule has 5 heteroatoms. The van der Waals surface area contributed by atoms with Gasteiger partial charge in [0, 0.05) is 4.88 Å². The summed E-state index contributed by atoms with van der Waals surface area (Å²) in [6.45, 7) is 0. The SMILES string of the molecule is FC(F)(F)C(Cl)c1cccs1. The van der Waals surface area contributed by atoms with Crippen LogP contribution in [0.3, 0.4) is 0 Å². The monoisotopic (exact) mass is 200 g/mol. The fraction of sp³-hybridized carbons (Fsp3) is 0.333. The molecular weight excluding hydrogens is 197 g/mol. The van der Waals surface area contributed by atoms with Crippen LogP contribution in [0.15, 0.2) is 17.5 Å². The maximum Gasteiger partial charge on any atom is 0.409 e. The molecule has 0 fully saturated rings. The smallest absolute Gasteiger partial charge is 0.169 e. The van der Waals surface area contributed by atoms with Crippen molar-refractivity contribution in [2.24, 2.45) is 0 Å². The van der Waals surface area contributed by atoms with Crippen molar-refractivity contribution in [1.82, 2.24) is 0 Å². The highest BCUT2D eigenvalue weighted by molar-refractivity contribution is 7.10. The van der Waals surface area contributed by atoms with E-state index in [1.807, 2.05) is 0 Å². The van der Waals surface area contributed by atoms with Crippen LogP contribution in [-0.2, 0) is 0 Å². The van der Waals surface area contributed by atoms with Crippen LogP contribution in [0.5, 0.6) is 0 Å². The lowest BCUT2D eigenvalue weighted by Crippen LogP contribution is -2.14. The molecule has 1 rings (SSSR count). The van der Waals surface area contributed by atoms with Gasteiger partial charge in [-0.05, 0) is 11.4 Å². The number of thiophene rings is 1. The van der Waals surface area contributed by atoms with Crippen molar-refractivity contribution >= 4 is 22.9 Å². The first-order valence-corrected chi connectivity index (χ1v) is 4.07. The Morgan fingerprint density at radius 1 is 1.45 bits per heavy atom. The van der Waals surface area contributed by atoms with Gasteiger partial charge in [-0.2, -0.15) is 13.2 Å². The normalized spacial score (nSPS) is 14.9. The third kappa shape index (κ3) is 2.10. The van der Waals surface area contributed by atoms with E-state index in [1.54, 1.807) is 11.4 Å². The average molecular weight is 201 g/mol. The topological polar surface area (TPSA) is 0 Å². The van der Waals surface area contributed by atoms with E-state index in [0.29, 0.717) is 0 Å².